The van der Waals surface area contributed by atoms with Crippen LogP contribution in [-0.2, 0) is 9.53 Å². The molecule has 8 nitrogen and oxygen atoms in total. The molecule has 0 radical (unpaired) electrons. The Balaban J connectivity index is 2.28. The van der Waals surface area contributed by atoms with Crippen LogP contribution in [0.2, 0.25) is 0 Å². The number of rotatable bonds is 4. The summed E-state index contributed by atoms with van der Waals surface area (Å²) in [5, 5.41) is 21.8. The molecule has 0 bridgehead atoms. The highest BCUT2D eigenvalue weighted by Gasteiger charge is 2.42. The number of aliphatic hydroxyl groups excluding tert-OH is 2. The summed E-state index contributed by atoms with van der Waals surface area (Å²) in [5.74, 6) is -2.21. The molecule has 128 valence electrons. The molecule has 23 heavy (non-hydrogen) atoms. The summed E-state index contributed by atoms with van der Waals surface area (Å²) in [7, 11) is 0. The lowest BCUT2D eigenvalue weighted by Crippen LogP contribution is -2.36. The highest BCUT2D eigenvalue weighted by atomic mass is 19.1. The first kappa shape index (κ1) is 17.5. The fraction of sp³-hybridized carbons (Fsp3) is 0.643. The second-order valence-corrected chi connectivity index (χ2v) is 5.64. The molecule has 0 saturated carbocycles. The summed E-state index contributed by atoms with van der Waals surface area (Å²) in [4.78, 5) is 27.3. The summed E-state index contributed by atoms with van der Waals surface area (Å²) >= 11 is 0. The Labute approximate surface area is 131 Å². The molecule has 0 spiro atoms. The van der Waals surface area contributed by atoms with Gasteiger partial charge in [0.15, 0.2) is 17.9 Å². The largest absolute Gasteiger partial charge is 0.388 e. The van der Waals surface area contributed by atoms with Crippen molar-refractivity contribution in [2.75, 3.05) is 5.32 Å². The minimum Gasteiger partial charge on any atom is -0.388 e. The Morgan fingerprint density at radius 3 is 2.70 bits per heavy atom. The lowest BCUT2D eigenvalue weighted by molar-refractivity contribution is -0.119. The number of hydrogen-bond donors (Lipinski definition) is 3. The van der Waals surface area contributed by atoms with E-state index < -0.39 is 47.8 Å². The Hall–Kier alpha value is -1.84. The minimum atomic E-state index is -1.38. The highest BCUT2D eigenvalue weighted by Crippen LogP contribution is 2.28. The Morgan fingerprint density at radius 2 is 2.17 bits per heavy atom. The number of amides is 1. The lowest BCUT2D eigenvalue weighted by atomic mass is 10.1. The van der Waals surface area contributed by atoms with E-state index in [0.29, 0.717) is 6.42 Å². The first-order valence-electron chi connectivity index (χ1n) is 7.37. The van der Waals surface area contributed by atoms with Crippen molar-refractivity contribution in [3.05, 3.63) is 22.5 Å². The van der Waals surface area contributed by atoms with Crippen molar-refractivity contribution < 1.29 is 24.1 Å². The maximum absolute atomic E-state index is 14.1. The molecule has 3 N–H and O–H groups in total. The standard InChI is InChI=1S/C14H20FN3O5/c1-4-6(2)12(21)16-11-8(15)5-18(14(22)17-11)13-10(20)9(19)7(3)23-13/h5-7,9-10,13,19-20H,4H2,1-3H3,(H,16,17,21,22)/t6?,7-,9?,10?,13-/m1/s1. The van der Waals surface area contributed by atoms with E-state index in [1.54, 1.807) is 13.8 Å². The first-order valence-corrected chi connectivity index (χ1v) is 7.37. The summed E-state index contributed by atoms with van der Waals surface area (Å²) in [6.45, 7) is 4.99. The zero-order chi connectivity index (χ0) is 17.3. The summed E-state index contributed by atoms with van der Waals surface area (Å²) in [6, 6.07) is 0. The van der Waals surface area contributed by atoms with E-state index in [2.05, 4.69) is 10.3 Å². The number of nitrogens with one attached hydrogen (secondary N) is 1. The van der Waals surface area contributed by atoms with E-state index in [1.807, 2.05) is 0 Å². The molecule has 0 aromatic carbocycles. The molecule has 1 aliphatic rings. The molecule has 3 unspecified atom stereocenters. The van der Waals surface area contributed by atoms with Gasteiger partial charge in [0, 0.05) is 5.92 Å². The number of anilines is 1. The summed E-state index contributed by atoms with van der Waals surface area (Å²) < 4.78 is 20.1. The van der Waals surface area contributed by atoms with Gasteiger partial charge in [0.25, 0.3) is 0 Å². The van der Waals surface area contributed by atoms with Crippen LogP contribution in [0.15, 0.2) is 11.0 Å². The molecule has 2 heterocycles. The van der Waals surface area contributed by atoms with Gasteiger partial charge in [-0.2, -0.15) is 4.98 Å². The predicted molar refractivity (Wildman–Crippen MR) is 78.1 cm³/mol. The van der Waals surface area contributed by atoms with Crippen LogP contribution in [0, 0.1) is 11.7 Å². The molecule has 0 aliphatic carbocycles. The molecule has 1 aromatic heterocycles. The van der Waals surface area contributed by atoms with E-state index in [1.165, 1.54) is 6.92 Å². The fourth-order valence-corrected chi connectivity index (χ4v) is 2.20. The number of carbonyl (C=O) groups excluding carboxylic acids is 1. The van der Waals surface area contributed by atoms with E-state index in [0.717, 1.165) is 10.8 Å². The Kier molecular flexibility index (Phi) is 5.12. The first-order chi connectivity index (χ1) is 10.8. The Bertz CT molecular complexity index is 650. The van der Waals surface area contributed by atoms with Gasteiger partial charge >= 0.3 is 5.69 Å². The van der Waals surface area contributed by atoms with Gasteiger partial charge in [-0.15, -0.1) is 0 Å². The van der Waals surface area contributed by atoms with E-state index in [4.69, 9.17) is 4.74 Å². The van der Waals surface area contributed by atoms with Gasteiger partial charge < -0.3 is 20.3 Å². The van der Waals surface area contributed by atoms with Crippen molar-refractivity contribution in [2.24, 2.45) is 5.92 Å². The van der Waals surface area contributed by atoms with Crippen LogP contribution in [0.5, 0.6) is 0 Å². The number of aliphatic hydroxyl groups is 2. The van der Waals surface area contributed by atoms with Gasteiger partial charge in [-0.3, -0.25) is 9.36 Å². The second-order valence-electron chi connectivity index (χ2n) is 5.64. The SMILES string of the molecule is CCC(C)C(=O)Nc1nc(=O)n([C@@H]2O[C@H](C)C(O)C2O)cc1F. The van der Waals surface area contributed by atoms with Crippen LogP contribution in [0.25, 0.3) is 0 Å². The molecular weight excluding hydrogens is 309 g/mol. The van der Waals surface area contributed by atoms with Gasteiger partial charge in [-0.25, -0.2) is 9.18 Å². The van der Waals surface area contributed by atoms with Gasteiger partial charge in [-0.05, 0) is 13.3 Å². The zero-order valence-corrected chi connectivity index (χ0v) is 13.1. The summed E-state index contributed by atoms with van der Waals surface area (Å²) in [6.07, 6.45) is -3.18. The normalized spacial score (nSPS) is 28.6. The Morgan fingerprint density at radius 1 is 1.52 bits per heavy atom. The predicted octanol–water partition coefficient (Wildman–Crippen LogP) is 0.00610. The molecule has 1 fully saturated rings. The second kappa shape index (κ2) is 6.73. The van der Waals surface area contributed by atoms with Gasteiger partial charge in [0.05, 0.1) is 12.3 Å². The van der Waals surface area contributed by atoms with Crippen LogP contribution in [0.3, 0.4) is 0 Å². The third kappa shape index (κ3) is 3.41. The fourth-order valence-electron chi connectivity index (χ4n) is 2.20. The van der Waals surface area contributed by atoms with Crippen LogP contribution in [-0.4, -0.2) is 44.0 Å². The van der Waals surface area contributed by atoms with Crippen LogP contribution in [0.1, 0.15) is 33.4 Å². The third-order valence-corrected chi connectivity index (χ3v) is 3.96. The maximum atomic E-state index is 14.1. The molecule has 9 heteroatoms. The maximum Gasteiger partial charge on any atom is 0.351 e. The number of halogens is 1. The zero-order valence-electron chi connectivity index (χ0n) is 13.1. The van der Waals surface area contributed by atoms with Crippen LogP contribution >= 0.6 is 0 Å². The number of hydrogen-bond acceptors (Lipinski definition) is 6. The molecule has 1 amide bonds. The average Bonchev–Trinajstić information content (AvgIpc) is 2.77. The van der Waals surface area contributed by atoms with Crippen molar-refractivity contribution in [3.8, 4) is 0 Å². The van der Waals surface area contributed by atoms with Crippen LogP contribution < -0.4 is 11.0 Å². The van der Waals surface area contributed by atoms with Gasteiger partial charge in [0.1, 0.15) is 12.2 Å². The smallest absolute Gasteiger partial charge is 0.351 e. The molecular formula is C14H20FN3O5. The van der Waals surface area contributed by atoms with E-state index in [-0.39, 0.29) is 5.92 Å². The molecule has 1 saturated heterocycles. The minimum absolute atomic E-state index is 0.352. The molecule has 1 aliphatic heterocycles. The van der Waals surface area contributed by atoms with Crippen molar-refractivity contribution in [3.63, 3.8) is 0 Å². The third-order valence-electron chi connectivity index (χ3n) is 3.96. The van der Waals surface area contributed by atoms with E-state index >= 15 is 0 Å². The molecule has 1 aromatic rings. The lowest BCUT2D eigenvalue weighted by Gasteiger charge is -2.18. The van der Waals surface area contributed by atoms with Crippen molar-refractivity contribution >= 4 is 11.7 Å². The van der Waals surface area contributed by atoms with Crippen molar-refractivity contribution in [1.82, 2.24) is 9.55 Å². The average molecular weight is 329 g/mol. The number of carbonyl (C=O) groups is 1. The van der Waals surface area contributed by atoms with Gasteiger partial charge in [-0.1, -0.05) is 13.8 Å². The molecule has 5 atom stereocenters. The number of ether oxygens (including phenoxy) is 1. The highest BCUT2D eigenvalue weighted by molar-refractivity contribution is 5.91. The van der Waals surface area contributed by atoms with Crippen LogP contribution in [0.4, 0.5) is 10.2 Å². The van der Waals surface area contributed by atoms with Gasteiger partial charge in [0.2, 0.25) is 5.91 Å². The van der Waals surface area contributed by atoms with E-state index in [9.17, 15) is 24.2 Å². The summed E-state index contributed by atoms with van der Waals surface area (Å²) in [5.41, 5.74) is -0.906. The monoisotopic (exact) mass is 329 g/mol. The number of aromatic nitrogens is 2. The quantitative estimate of drug-likeness (QED) is 0.717. The molecule has 2 rings (SSSR count). The number of nitrogens with zero attached hydrogens (tertiary/aromatic N) is 2. The van der Waals surface area contributed by atoms with Crippen molar-refractivity contribution in [2.45, 2.75) is 51.7 Å². The van der Waals surface area contributed by atoms with Crippen molar-refractivity contribution in [1.29, 1.82) is 0 Å². The topological polar surface area (TPSA) is 114 Å².